The van der Waals surface area contributed by atoms with Crippen molar-refractivity contribution in [2.45, 2.75) is 124 Å². The van der Waals surface area contributed by atoms with E-state index in [2.05, 4.69) is 133 Å². The lowest BCUT2D eigenvalue weighted by Crippen LogP contribution is -2.35. The standard InChI is InChI=1S/C31H48/c1-27(2,3)21-17-15-16-18-22(21)31(13,14)26-24(29(7,8)9)20-19-23(28(4,5)6)25(26)30(10,11)12/h15-20H,1-14H3. The first-order chi connectivity index (χ1) is 13.7. The van der Waals surface area contributed by atoms with Crippen LogP contribution in [0, 0.1) is 0 Å². The van der Waals surface area contributed by atoms with Crippen LogP contribution >= 0.6 is 0 Å². The Labute approximate surface area is 193 Å². The summed E-state index contributed by atoms with van der Waals surface area (Å²) in [6.07, 6.45) is 0. The summed E-state index contributed by atoms with van der Waals surface area (Å²) in [6, 6.07) is 13.9. The lowest BCUT2D eigenvalue weighted by molar-refractivity contribution is 0.482. The summed E-state index contributed by atoms with van der Waals surface area (Å²) < 4.78 is 0. The van der Waals surface area contributed by atoms with E-state index in [0.29, 0.717) is 0 Å². The van der Waals surface area contributed by atoms with E-state index in [9.17, 15) is 0 Å². The fourth-order valence-corrected chi connectivity index (χ4v) is 5.10. The van der Waals surface area contributed by atoms with Crippen LogP contribution in [-0.2, 0) is 27.1 Å². The Morgan fingerprint density at radius 2 is 0.710 bits per heavy atom. The molecule has 0 amide bonds. The highest BCUT2D eigenvalue weighted by atomic mass is 14.4. The van der Waals surface area contributed by atoms with E-state index in [0.717, 1.165) is 0 Å². The fourth-order valence-electron chi connectivity index (χ4n) is 5.10. The van der Waals surface area contributed by atoms with Crippen molar-refractivity contribution in [3.63, 3.8) is 0 Å². The van der Waals surface area contributed by atoms with Gasteiger partial charge < -0.3 is 0 Å². The molecule has 0 saturated carbocycles. The predicted octanol–water partition coefficient (Wildman–Crippen LogP) is 9.20. The van der Waals surface area contributed by atoms with E-state index < -0.39 is 0 Å². The smallest absolute Gasteiger partial charge is 0.0155 e. The van der Waals surface area contributed by atoms with Crippen LogP contribution in [0.4, 0.5) is 0 Å². The molecule has 0 radical (unpaired) electrons. The molecule has 31 heavy (non-hydrogen) atoms. The number of rotatable bonds is 2. The molecule has 0 saturated heterocycles. The summed E-state index contributed by atoms with van der Waals surface area (Å²) >= 11 is 0. The molecule has 0 heterocycles. The monoisotopic (exact) mass is 420 g/mol. The molecule has 0 nitrogen and oxygen atoms in total. The van der Waals surface area contributed by atoms with Crippen LogP contribution < -0.4 is 0 Å². The summed E-state index contributed by atoms with van der Waals surface area (Å²) in [7, 11) is 0. The molecule has 2 rings (SSSR count). The summed E-state index contributed by atoms with van der Waals surface area (Å²) in [4.78, 5) is 0. The lowest BCUT2D eigenvalue weighted by atomic mass is 9.61. The van der Waals surface area contributed by atoms with E-state index >= 15 is 0 Å². The summed E-state index contributed by atoms with van der Waals surface area (Å²) in [5.41, 5.74) is 9.09. The van der Waals surface area contributed by atoms with Gasteiger partial charge in [-0.3, -0.25) is 0 Å². The molecule has 0 atom stereocenters. The van der Waals surface area contributed by atoms with Crippen LogP contribution in [-0.4, -0.2) is 0 Å². The Balaban J connectivity index is 3.12. The van der Waals surface area contributed by atoms with Crippen LogP contribution in [0.25, 0.3) is 0 Å². The lowest BCUT2D eigenvalue weighted by Gasteiger charge is -2.43. The molecule has 0 aromatic heterocycles. The zero-order chi connectivity index (χ0) is 24.2. The van der Waals surface area contributed by atoms with E-state index in [4.69, 9.17) is 0 Å². The van der Waals surface area contributed by atoms with Gasteiger partial charge in [-0.1, -0.05) is 133 Å². The number of hydrogen-bond donors (Lipinski definition) is 0. The van der Waals surface area contributed by atoms with Crippen molar-refractivity contribution in [3.05, 3.63) is 69.8 Å². The molecule has 0 bridgehead atoms. The molecular weight excluding hydrogens is 372 g/mol. The number of hydrogen-bond acceptors (Lipinski definition) is 0. The molecule has 0 fully saturated rings. The molecule has 0 aliphatic heterocycles. The molecule has 0 N–H and O–H groups in total. The fraction of sp³-hybridized carbons (Fsp3) is 0.613. The predicted molar refractivity (Wildman–Crippen MR) is 140 cm³/mol. The van der Waals surface area contributed by atoms with Gasteiger partial charge in [0.15, 0.2) is 0 Å². The van der Waals surface area contributed by atoms with Crippen LogP contribution in [0.2, 0.25) is 0 Å². The maximum atomic E-state index is 2.45. The average molecular weight is 421 g/mol. The van der Waals surface area contributed by atoms with E-state index in [1.165, 1.54) is 33.4 Å². The van der Waals surface area contributed by atoms with Crippen molar-refractivity contribution in [3.8, 4) is 0 Å². The first-order valence-corrected chi connectivity index (χ1v) is 12.0. The first kappa shape index (κ1) is 25.7. The second kappa shape index (κ2) is 7.79. The zero-order valence-electron chi connectivity index (χ0n) is 23.0. The SMILES string of the molecule is CC(C)(C)c1ccccc1C(C)(C)c1c(C(C)(C)C)ccc(C(C)(C)C)c1C(C)(C)C. The highest BCUT2D eigenvalue weighted by Gasteiger charge is 2.40. The maximum absolute atomic E-state index is 2.45. The van der Waals surface area contributed by atoms with Gasteiger partial charge in [0, 0.05) is 5.41 Å². The molecule has 0 spiro atoms. The minimum Gasteiger partial charge on any atom is -0.0620 e. The largest absolute Gasteiger partial charge is 0.0620 e. The molecule has 172 valence electrons. The second-order valence-electron chi connectivity index (χ2n) is 14.1. The van der Waals surface area contributed by atoms with Gasteiger partial charge in [0.25, 0.3) is 0 Å². The number of benzene rings is 2. The Kier molecular flexibility index (Phi) is 6.46. The van der Waals surface area contributed by atoms with Gasteiger partial charge in [-0.15, -0.1) is 0 Å². The van der Waals surface area contributed by atoms with Crippen molar-refractivity contribution >= 4 is 0 Å². The quantitative estimate of drug-likeness (QED) is 0.454. The van der Waals surface area contributed by atoms with Gasteiger partial charge in [0.2, 0.25) is 0 Å². The van der Waals surface area contributed by atoms with Gasteiger partial charge in [-0.05, 0) is 55.0 Å². The Bertz CT molecular complexity index is 926. The highest BCUT2D eigenvalue weighted by molar-refractivity contribution is 5.57. The third kappa shape index (κ3) is 5.10. The van der Waals surface area contributed by atoms with E-state index in [1.54, 1.807) is 0 Å². The minimum absolute atomic E-state index is 0.0488. The molecule has 2 aromatic rings. The molecule has 2 aromatic carbocycles. The first-order valence-electron chi connectivity index (χ1n) is 12.0. The topological polar surface area (TPSA) is 0 Å². The molecule has 0 heteroatoms. The van der Waals surface area contributed by atoms with Crippen molar-refractivity contribution < 1.29 is 0 Å². The van der Waals surface area contributed by atoms with Crippen molar-refractivity contribution in [2.24, 2.45) is 0 Å². The average Bonchev–Trinajstić information content (AvgIpc) is 2.57. The molecule has 0 aliphatic carbocycles. The third-order valence-corrected chi connectivity index (χ3v) is 6.60. The normalized spacial score (nSPS) is 14.1. The van der Waals surface area contributed by atoms with Crippen LogP contribution in [0.1, 0.15) is 130 Å². The van der Waals surface area contributed by atoms with E-state index in [-0.39, 0.29) is 27.1 Å². The van der Waals surface area contributed by atoms with Gasteiger partial charge in [-0.2, -0.15) is 0 Å². The summed E-state index contributed by atoms with van der Waals surface area (Å²) in [5, 5.41) is 0. The molecule has 0 aliphatic rings. The maximum Gasteiger partial charge on any atom is 0.0155 e. The van der Waals surface area contributed by atoms with Crippen LogP contribution in [0.5, 0.6) is 0 Å². The minimum atomic E-state index is -0.115. The summed E-state index contributed by atoms with van der Waals surface area (Å²) in [6.45, 7) is 33.2. The van der Waals surface area contributed by atoms with Crippen molar-refractivity contribution in [1.29, 1.82) is 0 Å². The summed E-state index contributed by atoms with van der Waals surface area (Å²) in [5.74, 6) is 0. The van der Waals surface area contributed by atoms with Crippen LogP contribution in [0.3, 0.4) is 0 Å². The zero-order valence-corrected chi connectivity index (χ0v) is 23.0. The van der Waals surface area contributed by atoms with Crippen molar-refractivity contribution in [2.75, 3.05) is 0 Å². The van der Waals surface area contributed by atoms with Gasteiger partial charge in [0.05, 0.1) is 0 Å². The highest BCUT2D eigenvalue weighted by Crippen LogP contribution is 2.49. The Hall–Kier alpha value is -1.56. The van der Waals surface area contributed by atoms with Gasteiger partial charge >= 0.3 is 0 Å². The molecular formula is C31H48. The third-order valence-electron chi connectivity index (χ3n) is 6.60. The van der Waals surface area contributed by atoms with E-state index in [1.807, 2.05) is 0 Å². The Morgan fingerprint density at radius 3 is 1.06 bits per heavy atom. The van der Waals surface area contributed by atoms with Gasteiger partial charge in [-0.25, -0.2) is 0 Å². The van der Waals surface area contributed by atoms with Gasteiger partial charge in [0.1, 0.15) is 0 Å². The second-order valence-corrected chi connectivity index (χ2v) is 14.1. The van der Waals surface area contributed by atoms with Crippen molar-refractivity contribution in [1.82, 2.24) is 0 Å². The van der Waals surface area contributed by atoms with Crippen LogP contribution in [0.15, 0.2) is 36.4 Å². The molecule has 0 unspecified atom stereocenters. The Morgan fingerprint density at radius 1 is 0.355 bits per heavy atom.